The van der Waals surface area contributed by atoms with Crippen molar-refractivity contribution < 1.29 is 17.6 Å². The van der Waals surface area contributed by atoms with E-state index >= 15 is 0 Å². The second-order valence-corrected chi connectivity index (χ2v) is 8.48. The summed E-state index contributed by atoms with van der Waals surface area (Å²) in [6.07, 6.45) is 2.18. The maximum Gasteiger partial charge on any atom is 0.233 e. The zero-order valence-corrected chi connectivity index (χ0v) is 15.5. The molecule has 0 atom stereocenters. The van der Waals surface area contributed by atoms with Gasteiger partial charge in [-0.3, -0.25) is 0 Å². The van der Waals surface area contributed by atoms with Crippen molar-refractivity contribution in [2.75, 3.05) is 6.54 Å². The molecule has 0 saturated carbocycles. The van der Waals surface area contributed by atoms with Crippen molar-refractivity contribution >= 4 is 20.8 Å². The molecule has 0 amide bonds. The van der Waals surface area contributed by atoms with Gasteiger partial charge in [0.05, 0.1) is 17.5 Å². The third kappa shape index (κ3) is 2.87. The predicted octanol–water partition coefficient (Wildman–Crippen LogP) is 3.09. The molecular formula is C19H20N2O4S. The fraction of sp³-hybridized carbons (Fsp3) is 0.316. The van der Waals surface area contributed by atoms with Crippen LogP contribution in [0.1, 0.15) is 25.2 Å². The van der Waals surface area contributed by atoms with E-state index in [1.807, 2.05) is 13.8 Å². The van der Waals surface area contributed by atoms with Crippen LogP contribution in [0.2, 0.25) is 0 Å². The van der Waals surface area contributed by atoms with Gasteiger partial charge >= 0.3 is 0 Å². The summed E-state index contributed by atoms with van der Waals surface area (Å²) in [4.78, 5) is 4.40. The molecule has 1 aliphatic rings. The van der Waals surface area contributed by atoms with Gasteiger partial charge in [0, 0.05) is 17.1 Å². The van der Waals surface area contributed by atoms with Crippen molar-refractivity contribution in [1.29, 1.82) is 0 Å². The summed E-state index contributed by atoms with van der Waals surface area (Å²) in [5.74, 6) is 1.01. The lowest BCUT2D eigenvalue weighted by Gasteiger charge is -2.13. The first kappa shape index (κ1) is 17.1. The van der Waals surface area contributed by atoms with Crippen LogP contribution in [0.15, 0.2) is 50.7 Å². The van der Waals surface area contributed by atoms with Crippen molar-refractivity contribution in [1.82, 2.24) is 10.3 Å². The van der Waals surface area contributed by atoms with E-state index in [0.717, 1.165) is 29.7 Å². The van der Waals surface area contributed by atoms with Crippen molar-refractivity contribution in [2.45, 2.75) is 42.7 Å². The molecule has 0 unspecified atom stereocenters. The van der Waals surface area contributed by atoms with Crippen LogP contribution >= 0.6 is 0 Å². The lowest BCUT2D eigenvalue weighted by molar-refractivity contribution is 0.225. The minimum Gasteiger partial charge on any atom is -0.474 e. The Balaban J connectivity index is 1.84. The molecular weight excluding hydrogens is 352 g/mol. The number of sulfone groups is 1. The van der Waals surface area contributed by atoms with Crippen LogP contribution < -0.4 is 10.1 Å². The minimum atomic E-state index is -3.76. The second-order valence-electron chi connectivity index (χ2n) is 6.57. The SMILES string of the molecule is CC(C)Oc1ncccc1S(=O)(=O)c1ccc2oc3c(c2c1)CCNC3. The average Bonchev–Trinajstić information content (AvgIpc) is 2.99. The topological polar surface area (TPSA) is 81.4 Å². The summed E-state index contributed by atoms with van der Waals surface area (Å²) in [6, 6.07) is 8.12. The highest BCUT2D eigenvalue weighted by molar-refractivity contribution is 7.91. The largest absolute Gasteiger partial charge is 0.474 e. The van der Waals surface area contributed by atoms with Gasteiger partial charge in [-0.2, -0.15) is 0 Å². The molecule has 1 aromatic carbocycles. The number of furan rings is 1. The standard InChI is InChI=1S/C19H20N2O4S/c1-12(2)24-19-18(4-3-8-21-19)26(22,23)13-5-6-16-15(10-13)14-7-9-20-11-17(14)25-16/h3-6,8,10,12,20H,7,9,11H2,1-2H3. The molecule has 0 saturated heterocycles. The van der Waals surface area contributed by atoms with Crippen molar-refractivity contribution in [3.8, 4) is 5.88 Å². The number of rotatable bonds is 4. The maximum atomic E-state index is 13.2. The first-order valence-electron chi connectivity index (χ1n) is 8.58. The van der Waals surface area contributed by atoms with E-state index in [-0.39, 0.29) is 21.8 Å². The van der Waals surface area contributed by atoms with E-state index < -0.39 is 9.84 Å². The summed E-state index contributed by atoms with van der Waals surface area (Å²) in [5.41, 5.74) is 1.79. The number of hydrogen-bond acceptors (Lipinski definition) is 6. The Morgan fingerprint density at radius 2 is 2.12 bits per heavy atom. The Morgan fingerprint density at radius 1 is 1.27 bits per heavy atom. The number of fused-ring (bicyclic) bond motifs is 3. The Hall–Kier alpha value is -2.38. The zero-order chi connectivity index (χ0) is 18.3. The van der Waals surface area contributed by atoms with E-state index in [1.165, 1.54) is 12.3 Å². The lowest BCUT2D eigenvalue weighted by Crippen LogP contribution is -2.22. The third-order valence-electron chi connectivity index (χ3n) is 4.37. The first-order valence-corrected chi connectivity index (χ1v) is 10.1. The van der Waals surface area contributed by atoms with Gasteiger partial charge in [0.2, 0.25) is 15.7 Å². The molecule has 7 heteroatoms. The highest BCUT2D eigenvalue weighted by Gasteiger charge is 2.26. The van der Waals surface area contributed by atoms with E-state index in [9.17, 15) is 8.42 Å². The van der Waals surface area contributed by atoms with E-state index in [4.69, 9.17) is 9.15 Å². The van der Waals surface area contributed by atoms with Crippen molar-refractivity contribution in [2.24, 2.45) is 0 Å². The Bertz CT molecular complexity index is 1070. The molecule has 3 aromatic rings. The van der Waals surface area contributed by atoms with Gasteiger partial charge in [-0.05, 0) is 57.1 Å². The number of benzene rings is 1. The summed E-state index contributed by atoms with van der Waals surface area (Å²) < 4.78 is 37.9. The summed E-state index contributed by atoms with van der Waals surface area (Å²) in [6.45, 7) is 5.19. The number of pyridine rings is 1. The zero-order valence-electron chi connectivity index (χ0n) is 14.7. The van der Waals surface area contributed by atoms with Crippen molar-refractivity contribution in [3.05, 3.63) is 47.9 Å². The minimum absolute atomic E-state index is 0.0760. The van der Waals surface area contributed by atoms with Crippen LogP contribution in [-0.4, -0.2) is 26.1 Å². The smallest absolute Gasteiger partial charge is 0.233 e. The Kier molecular flexibility index (Phi) is 4.20. The second kappa shape index (κ2) is 6.41. The van der Waals surface area contributed by atoms with Crippen molar-refractivity contribution in [3.63, 3.8) is 0 Å². The highest BCUT2D eigenvalue weighted by atomic mass is 32.2. The molecule has 136 valence electrons. The summed E-state index contributed by atoms with van der Waals surface area (Å²) in [7, 11) is -3.76. The normalized spacial score (nSPS) is 14.6. The Labute approximate surface area is 152 Å². The van der Waals surface area contributed by atoms with Crippen LogP contribution in [0.5, 0.6) is 5.88 Å². The molecule has 0 fully saturated rings. The van der Waals surface area contributed by atoms with E-state index in [2.05, 4.69) is 10.3 Å². The molecule has 26 heavy (non-hydrogen) atoms. The first-order chi connectivity index (χ1) is 12.5. The van der Waals surface area contributed by atoms with Gasteiger partial charge < -0.3 is 14.5 Å². The average molecular weight is 372 g/mol. The van der Waals surface area contributed by atoms with Gasteiger partial charge in [-0.25, -0.2) is 13.4 Å². The number of nitrogens with one attached hydrogen (secondary N) is 1. The maximum absolute atomic E-state index is 13.2. The molecule has 0 spiro atoms. The van der Waals surface area contributed by atoms with Crippen LogP contribution in [-0.2, 0) is 22.8 Å². The number of aromatic nitrogens is 1. The van der Waals surface area contributed by atoms with Gasteiger partial charge in [0.1, 0.15) is 16.2 Å². The van der Waals surface area contributed by atoms with Crippen LogP contribution in [0.4, 0.5) is 0 Å². The van der Waals surface area contributed by atoms with Gasteiger partial charge in [0.25, 0.3) is 0 Å². The summed E-state index contributed by atoms with van der Waals surface area (Å²) >= 11 is 0. The molecule has 1 N–H and O–H groups in total. The fourth-order valence-electron chi connectivity index (χ4n) is 3.20. The molecule has 0 bridgehead atoms. The molecule has 4 rings (SSSR count). The number of ether oxygens (including phenoxy) is 1. The fourth-order valence-corrected chi connectivity index (χ4v) is 4.56. The third-order valence-corrected chi connectivity index (χ3v) is 6.13. The Morgan fingerprint density at radius 3 is 2.92 bits per heavy atom. The lowest BCUT2D eigenvalue weighted by atomic mass is 10.1. The molecule has 0 radical (unpaired) electrons. The number of nitrogens with zero attached hydrogens (tertiary/aromatic N) is 1. The molecule has 2 aromatic heterocycles. The quantitative estimate of drug-likeness (QED) is 0.758. The predicted molar refractivity (Wildman–Crippen MR) is 97.1 cm³/mol. The van der Waals surface area contributed by atoms with Crippen LogP contribution in [0, 0.1) is 0 Å². The molecule has 3 heterocycles. The van der Waals surface area contributed by atoms with Crippen LogP contribution in [0.25, 0.3) is 11.0 Å². The summed E-state index contributed by atoms with van der Waals surface area (Å²) in [5, 5.41) is 4.12. The van der Waals surface area contributed by atoms with E-state index in [1.54, 1.807) is 24.3 Å². The number of hydrogen-bond donors (Lipinski definition) is 1. The molecule has 6 nitrogen and oxygen atoms in total. The highest BCUT2D eigenvalue weighted by Crippen LogP contribution is 2.33. The van der Waals surface area contributed by atoms with Gasteiger partial charge in [-0.15, -0.1) is 0 Å². The molecule has 1 aliphatic heterocycles. The van der Waals surface area contributed by atoms with E-state index in [0.29, 0.717) is 12.1 Å². The van der Waals surface area contributed by atoms with Gasteiger partial charge in [-0.1, -0.05) is 0 Å². The van der Waals surface area contributed by atoms with Gasteiger partial charge in [0.15, 0.2) is 0 Å². The molecule has 0 aliphatic carbocycles. The monoisotopic (exact) mass is 372 g/mol. The van der Waals surface area contributed by atoms with Crippen LogP contribution in [0.3, 0.4) is 0 Å².